The molecule has 0 saturated heterocycles. The molecule has 170 valence electrons. The van der Waals surface area contributed by atoms with Gasteiger partial charge >= 0.3 is 222 Å². The maximum absolute atomic E-state index is 2.42. The fourth-order valence-electron chi connectivity index (χ4n) is 5.39. The van der Waals surface area contributed by atoms with Crippen LogP contribution in [-0.4, -0.2) is 20.2 Å². The molecule has 5 aromatic rings. The maximum atomic E-state index is 2.42. The Morgan fingerprint density at radius 3 is 1.64 bits per heavy atom. The zero-order chi connectivity index (χ0) is 23.9. The van der Waals surface area contributed by atoms with E-state index in [9.17, 15) is 0 Å². The second-order valence-electron chi connectivity index (χ2n) is 9.01. The summed E-state index contributed by atoms with van der Waals surface area (Å²) >= 11 is -2.26. The number of fused-ring (bicyclic) bond motifs is 2. The van der Waals surface area contributed by atoms with Crippen molar-refractivity contribution in [2.45, 2.75) is 0 Å². The molecule has 0 fully saturated rings. The van der Waals surface area contributed by atoms with Crippen LogP contribution in [0.4, 0.5) is 0 Å². The van der Waals surface area contributed by atoms with E-state index in [4.69, 9.17) is 0 Å². The Labute approximate surface area is 221 Å². The van der Waals surface area contributed by atoms with E-state index in [1.165, 1.54) is 27.6 Å². The van der Waals surface area contributed by atoms with Gasteiger partial charge in [0, 0.05) is 0 Å². The molecule has 2 aliphatic rings. The van der Waals surface area contributed by atoms with Crippen LogP contribution in [0.15, 0.2) is 154 Å². The molecule has 0 aliphatic carbocycles. The van der Waals surface area contributed by atoms with Crippen LogP contribution in [0.25, 0.3) is 10.9 Å². The van der Waals surface area contributed by atoms with Crippen LogP contribution in [0.1, 0.15) is 16.7 Å². The molecule has 1 unspecified atom stereocenters. The Morgan fingerprint density at radius 2 is 0.972 bits per heavy atom. The van der Waals surface area contributed by atoms with Gasteiger partial charge in [-0.1, -0.05) is 0 Å². The van der Waals surface area contributed by atoms with E-state index in [0.717, 1.165) is 0 Å². The Balaban J connectivity index is 1.62. The van der Waals surface area contributed by atoms with Gasteiger partial charge in [-0.3, -0.25) is 0 Å². The molecule has 2 aliphatic heterocycles. The summed E-state index contributed by atoms with van der Waals surface area (Å²) in [5, 5.41) is 4.67. The zero-order valence-corrected chi connectivity index (χ0v) is 23.2. The third-order valence-corrected chi connectivity index (χ3v) is 18.0. The van der Waals surface area contributed by atoms with Crippen LogP contribution in [0.3, 0.4) is 0 Å². The molecular weight excluding hydrogens is 561 g/mol. The van der Waals surface area contributed by atoms with Gasteiger partial charge in [-0.25, -0.2) is 0 Å². The molecule has 0 nitrogen and oxygen atoms in total. The molecule has 0 amide bonds. The van der Waals surface area contributed by atoms with Crippen molar-refractivity contribution in [3.05, 3.63) is 171 Å². The van der Waals surface area contributed by atoms with Crippen LogP contribution in [0.5, 0.6) is 0 Å². The van der Waals surface area contributed by atoms with Crippen molar-refractivity contribution in [3.8, 4) is 0 Å². The fourth-order valence-corrected chi connectivity index (χ4v) is 18.4. The number of hydrogen-bond donors (Lipinski definition) is 0. The molecule has 2 heteroatoms. The minimum absolute atomic E-state index is 0.589. The topological polar surface area (TPSA) is 0 Å². The van der Waals surface area contributed by atoms with Crippen LogP contribution < -0.4 is 12.3 Å². The first-order valence-corrected chi connectivity index (χ1v) is 17.5. The Morgan fingerprint density at radius 1 is 0.444 bits per heavy atom. The van der Waals surface area contributed by atoms with Crippen molar-refractivity contribution in [1.82, 2.24) is 0 Å². The van der Waals surface area contributed by atoms with E-state index >= 15 is 0 Å². The predicted molar refractivity (Wildman–Crippen MR) is 157 cm³/mol. The van der Waals surface area contributed by atoms with Gasteiger partial charge in [0.05, 0.1) is 0 Å². The molecule has 2 heterocycles. The van der Waals surface area contributed by atoms with Crippen molar-refractivity contribution in [2.75, 3.05) is 0 Å². The van der Waals surface area contributed by atoms with Gasteiger partial charge in [-0.05, 0) is 0 Å². The standard InChI is InChI=1S/C28H19P.C6H5.Sb/c1-5-13-22(14-6-1)26-21-27(29(26)25-19-11-4-12-20-25)28(23-15-7-2-8-16-23)24-17-9-3-10-18-24;1-2-4-6-5-3-1;/h1-17,19-20H;1-5H;. The Hall–Kier alpha value is -3.17. The predicted octanol–water partition coefficient (Wildman–Crippen LogP) is 6.84. The first-order valence-electron chi connectivity index (χ1n) is 12.3. The summed E-state index contributed by atoms with van der Waals surface area (Å²) < 4.78 is 4.81. The third kappa shape index (κ3) is 3.56. The second kappa shape index (κ2) is 9.37. The van der Waals surface area contributed by atoms with Gasteiger partial charge in [-0.2, -0.15) is 0 Å². The van der Waals surface area contributed by atoms with Gasteiger partial charge < -0.3 is 0 Å². The summed E-state index contributed by atoms with van der Waals surface area (Å²) in [6.45, 7) is 0. The summed E-state index contributed by atoms with van der Waals surface area (Å²) in [4.78, 5) is 0. The average Bonchev–Trinajstić information content (AvgIpc) is 2.95. The quantitative estimate of drug-likeness (QED) is 0.160. The van der Waals surface area contributed by atoms with Crippen LogP contribution >= 0.6 is 7.92 Å². The minimum atomic E-state index is -2.26. The Bertz CT molecular complexity index is 1600. The molecule has 0 N–H and O–H groups in total. The van der Waals surface area contributed by atoms with Crippen molar-refractivity contribution in [1.29, 1.82) is 0 Å². The van der Waals surface area contributed by atoms with Gasteiger partial charge in [-0.15, -0.1) is 0 Å². The Kier molecular flexibility index (Phi) is 5.74. The number of hydrogen-bond acceptors (Lipinski definition) is 0. The van der Waals surface area contributed by atoms with Gasteiger partial charge in [0.2, 0.25) is 0 Å². The normalized spacial score (nSPS) is 16.8. The van der Waals surface area contributed by atoms with E-state index in [2.05, 4.69) is 146 Å². The van der Waals surface area contributed by atoms with E-state index in [-0.39, 0.29) is 0 Å². The van der Waals surface area contributed by atoms with E-state index < -0.39 is 28.1 Å². The van der Waals surface area contributed by atoms with Gasteiger partial charge in [0.25, 0.3) is 0 Å². The van der Waals surface area contributed by atoms with E-state index in [1.54, 1.807) is 21.2 Å². The van der Waals surface area contributed by atoms with Crippen molar-refractivity contribution >= 4 is 51.3 Å². The fraction of sp³-hybridized carbons (Fsp3) is 0. The first-order chi connectivity index (χ1) is 17.9. The summed E-state index contributed by atoms with van der Waals surface area (Å²) in [6, 6.07) is 54.1. The molecule has 0 aromatic heterocycles. The summed E-state index contributed by atoms with van der Waals surface area (Å²) in [5.74, 6) is 0. The number of rotatable bonds is 4. The van der Waals surface area contributed by atoms with Crippen molar-refractivity contribution in [3.63, 3.8) is 0 Å². The zero-order valence-electron chi connectivity index (χ0n) is 19.8. The molecule has 0 spiro atoms. The van der Waals surface area contributed by atoms with Crippen molar-refractivity contribution in [2.24, 2.45) is 0 Å². The molecule has 0 saturated carbocycles. The van der Waals surface area contributed by atoms with Crippen molar-refractivity contribution < 1.29 is 0 Å². The molecular formula is C34H24PSb. The molecule has 0 radical (unpaired) electrons. The number of allylic oxidation sites excluding steroid dienone is 2. The van der Waals surface area contributed by atoms with Crippen LogP contribution in [0, 0.1) is 0 Å². The van der Waals surface area contributed by atoms with Gasteiger partial charge in [0.15, 0.2) is 0 Å². The van der Waals surface area contributed by atoms with Crippen LogP contribution in [0.2, 0.25) is 0 Å². The number of benzene rings is 5. The summed E-state index contributed by atoms with van der Waals surface area (Å²) in [6.07, 6.45) is 0. The average molecular weight is 585 g/mol. The summed E-state index contributed by atoms with van der Waals surface area (Å²) in [5.41, 5.74) is 5.63. The first kappa shape index (κ1) is 22.1. The third-order valence-electron chi connectivity index (χ3n) is 6.91. The summed E-state index contributed by atoms with van der Waals surface area (Å²) in [7, 11) is -0.589. The van der Waals surface area contributed by atoms with Gasteiger partial charge in [0.1, 0.15) is 0 Å². The molecule has 7 rings (SSSR count). The molecule has 5 aromatic carbocycles. The molecule has 0 bridgehead atoms. The SMILES string of the molecule is c1ccc(C2=C3[C](=C(c4ccccc4)P3c3ccccc3)[Sb]([c]3ccccc3)[c]3ccccc32)cc1. The van der Waals surface area contributed by atoms with E-state index in [0.29, 0.717) is 0 Å². The van der Waals surface area contributed by atoms with Crippen LogP contribution in [-0.2, 0) is 0 Å². The van der Waals surface area contributed by atoms with E-state index in [1.807, 2.05) is 0 Å². The monoisotopic (exact) mass is 584 g/mol. The molecule has 1 atom stereocenters. The second-order valence-corrected chi connectivity index (χ2v) is 17.1. The molecule has 36 heavy (non-hydrogen) atoms.